The molecule has 2 rings (SSSR count). The molecule has 0 radical (unpaired) electrons. The van der Waals surface area contributed by atoms with Gasteiger partial charge in [0.15, 0.2) is 0 Å². The van der Waals surface area contributed by atoms with Crippen LogP contribution < -0.4 is 0 Å². The van der Waals surface area contributed by atoms with Crippen LogP contribution in [0.25, 0.3) is 0 Å². The summed E-state index contributed by atoms with van der Waals surface area (Å²) in [5, 5.41) is 10.00. The van der Waals surface area contributed by atoms with Crippen LogP contribution in [-0.4, -0.2) is 16.4 Å². The Morgan fingerprint density at radius 3 is 2.57 bits per heavy atom. The van der Waals surface area contributed by atoms with Crippen molar-refractivity contribution in [3.63, 3.8) is 0 Å². The summed E-state index contributed by atoms with van der Waals surface area (Å²) in [4.78, 5) is 11.2. The van der Waals surface area contributed by atoms with Crippen molar-refractivity contribution in [1.82, 2.24) is 0 Å². The van der Waals surface area contributed by atoms with E-state index < -0.39 is 11.4 Å². The van der Waals surface area contributed by atoms with Gasteiger partial charge in [-0.1, -0.05) is 46.3 Å². The Balaban J connectivity index is 2.36. The molecule has 0 aromatic heterocycles. The molecule has 2 atom stereocenters. The predicted molar refractivity (Wildman–Crippen MR) is 57.7 cm³/mol. The van der Waals surface area contributed by atoms with Crippen molar-refractivity contribution < 1.29 is 9.90 Å². The maximum atomic E-state index is 11.2. The third-order valence-corrected chi connectivity index (χ3v) is 3.74. The van der Waals surface area contributed by atoms with Crippen LogP contribution in [0.4, 0.5) is 0 Å². The quantitative estimate of drug-likeness (QED) is 0.842. The highest BCUT2D eigenvalue weighted by atomic mass is 79.9. The van der Waals surface area contributed by atoms with Gasteiger partial charge in [0, 0.05) is 5.33 Å². The van der Waals surface area contributed by atoms with Gasteiger partial charge in [0.25, 0.3) is 0 Å². The molecule has 1 fully saturated rings. The summed E-state index contributed by atoms with van der Waals surface area (Å²) in [7, 11) is 0. The first-order valence-corrected chi connectivity index (χ1v) is 5.69. The van der Waals surface area contributed by atoms with Crippen molar-refractivity contribution in [2.24, 2.45) is 5.92 Å². The van der Waals surface area contributed by atoms with Crippen LogP contribution >= 0.6 is 15.9 Å². The van der Waals surface area contributed by atoms with Crippen molar-refractivity contribution in [3.05, 3.63) is 35.9 Å². The summed E-state index contributed by atoms with van der Waals surface area (Å²) in [6, 6.07) is 9.49. The molecule has 0 heterocycles. The number of carbonyl (C=O) groups is 1. The zero-order chi connectivity index (χ0) is 10.2. The van der Waals surface area contributed by atoms with Gasteiger partial charge < -0.3 is 5.11 Å². The first kappa shape index (κ1) is 9.71. The SMILES string of the molecule is O=C(O)[C@@]1(c2ccccc2)C[C@@H]1CBr. The molecule has 74 valence electrons. The van der Waals surface area contributed by atoms with Crippen LogP contribution in [0, 0.1) is 5.92 Å². The minimum atomic E-state index is -0.701. The molecule has 0 saturated heterocycles. The Labute approximate surface area is 91.1 Å². The first-order chi connectivity index (χ1) is 6.71. The van der Waals surface area contributed by atoms with Gasteiger partial charge in [-0.2, -0.15) is 0 Å². The topological polar surface area (TPSA) is 37.3 Å². The summed E-state index contributed by atoms with van der Waals surface area (Å²) in [6.07, 6.45) is 0.748. The number of aliphatic carboxylic acids is 1. The van der Waals surface area contributed by atoms with Crippen LogP contribution in [0.5, 0.6) is 0 Å². The van der Waals surface area contributed by atoms with Crippen LogP contribution in [0.1, 0.15) is 12.0 Å². The zero-order valence-electron chi connectivity index (χ0n) is 7.61. The summed E-state index contributed by atoms with van der Waals surface area (Å²) in [5.74, 6) is -0.462. The second-order valence-electron chi connectivity index (χ2n) is 3.70. The highest BCUT2D eigenvalue weighted by Gasteiger charge is 2.60. The average Bonchev–Trinajstić information content (AvgIpc) is 2.94. The lowest BCUT2D eigenvalue weighted by Gasteiger charge is -2.11. The maximum absolute atomic E-state index is 11.2. The largest absolute Gasteiger partial charge is 0.481 e. The number of carboxylic acid groups (broad SMARTS) is 1. The normalized spacial score (nSPS) is 29.9. The van der Waals surface area contributed by atoms with E-state index in [-0.39, 0.29) is 5.92 Å². The number of alkyl halides is 1. The number of halogens is 1. The first-order valence-electron chi connectivity index (χ1n) is 4.56. The van der Waals surface area contributed by atoms with Gasteiger partial charge >= 0.3 is 5.97 Å². The average molecular weight is 255 g/mol. The van der Waals surface area contributed by atoms with Crippen molar-refractivity contribution in [1.29, 1.82) is 0 Å². The minimum absolute atomic E-state index is 0.238. The summed E-state index contributed by atoms with van der Waals surface area (Å²) < 4.78 is 0. The fraction of sp³-hybridized carbons (Fsp3) is 0.364. The van der Waals surface area contributed by atoms with E-state index in [9.17, 15) is 9.90 Å². The highest BCUT2D eigenvalue weighted by molar-refractivity contribution is 9.09. The van der Waals surface area contributed by atoms with Gasteiger partial charge in [0.2, 0.25) is 0 Å². The number of hydrogen-bond donors (Lipinski definition) is 1. The molecule has 1 aromatic rings. The number of rotatable bonds is 3. The molecule has 1 saturated carbocycles. The minimum Gasteiger partial charge on any atom is -0.481 e. The van der Waals surface area contributed by atoms with E-state index in [0.29, 0.717) is 0 Å². The Hall–Kier alpha value is -0.830. The van der Waals surface area contributed by atoms with Gasteiger partial charge in [-0.15, -0.1) is 0 Å². The molecule has 2 nitrogen and oxygen atoms in total. The summed E-state index contributed by atoms with van der Waals surface area (Å²) >= 11 is 3.35. The van der Waals surface area contributed by atoms with Crippen LogP contribution in [-0.2, 0) is 10.2 Å². The van der Waals surface area contributed by atoms with E-state index in [1.165, 1.54) is 0 Å². The molecule has 1 N–H and O–H groups in total. The second kappa shape index (κ2) is 3.39. The van der Waals surface area contributed by atoms with E-state index in [1.54, 1.807) is 0 Å². The Bertz CT molecular complexity index is 350. The van der Waals surface area contributed by atoms with E-state index >= 15 is 0 Å². The molecule has 1 aliphatic rings. The smallest absolute Gasteiger partial charge is 0.314 e. The molecular formula is C11H11BrO2. The van der Waals surface area contributed by atoms with Crippen molar-refractivity contribution in [2.45, 2.75) is 11.8 Å². The summed E-state index contributed by atoms with van der Waals surface area (Å²) in [6.45, 7) is 0. The lowest BCUT2D eigenvalue weighted by molar-refractivity contribution is -0.140. The van der Waals surface area contributed by atoms with Gasteiger partial charge in [0.1, 0.15) is 0 Å². The lowest BCUT2D eigenvalue weighted by Crippen LogP contribution is -2.22. The van der Waals surface area contributed by atoms with E-state index in [0.717, 1.165) is 17.3 Å². The Morgan fingerprint density at radius 1 is 1.50 bits per heavy atom. The second-order valence-corrected chi connectivity index (χ2v) is 4.35. The molecule has 0 bridgehead atoms. The summed E-state index contributed by atoms with van der Waals surface area (Å²) in [5.41, 5.74) is 0.307. The van der Waals surface area contributed by atoms with Gasteiger partial charge in [-0.05, 0) is 17.9 Å². The zero-order valence-corrected chi connectivity index (χ0v) is 9.20. The molecule has 3 heteroatoms. The highest BCUT2D eigenvalue weighted by Crippen LogP contribution is 2.55. The fourth-order valence-corrected chi connectivity index (χ4v) is 2.77. The molecule has 0 aliphatic heterocycles. The standard InChI is InChI=1S/C11H11BrO2/c12-7-9-6-11(9,10(13)14)8-4-2-1-3-5-8/h1-5,9H,6-7H2,(H,13,14)/t9-,11-/m1/s1. The fourth-order valence-electron chi connectivity index (χ4n) is 1.99. The third-order valence-electron chi connectivity index (χ3n) is 2.96. The number of carboxylic acids is 1. The molecule has 14 heavy (non-hydrogen) atoms. The molecule has 1 aliphatic carbocycles. The van der Waals surface area contributed by atoms with Crippen LogP contribution in [0.3, 0.4) is 0 Å². The van der Waals surface area contributed by atoms with Crippen LogP contribution in [0.15, 0.2) is 30.3 Å². The van der Waals surface area contributed by atoms with Gasteiger partial charge in [0.05, 0.1) is 5.41 Å². The van der Waals surface area contributed by atoms with E-state index in [4.69, 9.17) is 0 Å². The van der Waals surface area contributed by atoms with Crippen LogP contribution in [0.2, 0.25) is 0 Å². The molecule has 0 unspecified atom stereocenters. The van der Waals surface area contributed by atoms with Gasteiger partial charge in [-0.25, -0.2) is 0 Å². The number of benzene rings is 1. The van der Waals surface area contributed by atoms with Crippen molar-refractivity contribution in [3.8, 4) is 0 Å². The third kappa shape index (κ3) is 1.27. The molecule has 1 aromatic carbocycles. The maximum Gasteiger partial charge on any atom is 0.314 e. The van der Waals surface area contributed by atoms with Crippen molar-refractivity contribution in [2.75, 3.05) is 5.33 Å². The molecule has 0 amide bonds. The lowest BCUT2D eigenvalue weighted by atomic mass is 9.94. The number of hydrogen-bond acceptors (Lipinski definition) is 1. The predicted octanol–water partition coefficient (Wildman–Crippen LogP) is 2.42. The van der Waals surface area contributed by atoms with E-state index in [1.807, 2.05) is 30.3 Å². The molecular weight excluding hydrogens is 244 g/mol. The van der Waals surface area contributed by atoms with Crippen molar-refractivity contribution >= 4 is 21.9 Å². The molecule has 0 spiro atoms. The Kier molecular flexibility index (Phi) is 2.35. The van der Waals surface area contributed by atoms with Gasteiger partial charge in [-0.3, -0.25) is 4.79 Å². The van der Waals surface area contributed by atoms with E-state index in [2.05, 4.69) is 15.9 Å². The Morgan fingerprint density at radius 2 is 2.14 bits per heavy atom. The monoisotopic (exact) mass is 254 g/mol.